The highest BCUT2D eigenvalue weighted by atomic mass is 19.1. The number of imidazole rings is 1. The first-order valence-corrected chi connectivity index (χ1v) is 11.2. The third-order valence-electron chi connectivity index (χ3n) is 6.18. The Kier molecular flexibility index (Phi) is 5.34. The van der Waals surface area contributed by atoms with Crippen molar-refractivity contribution in [3.8, 4) is 23.0 Å². The number of ether oxygens (including phenoxy) is 1. The zero-order valence-corrected chi connectivity index (χ0v) is 18.5. The van der Waals surface area contributed by atoms with Crippen LogP contribution < -0.4 is 5.56 Å². The van der Waals surface area contributed by atoms with Crippen LogP contribution in [0.15, 0.2) is 58.1 Å². The number of morpholine rings is 1. The molecule has 0 bridgehead atoms. The fourth-order valence-corrected chi connectivity index (χ4v) is 4.37. The van der Waals surface area contributed by atoms with E-state index in [1.54, 1.807) is 15.0 Å². The minimum atomic E-state index is -0.433. The summed E-state index contributed by atoms with van der Waals surface area (Å²) >= 11 is 0. The van der Waals surface area contributed by atoms with Crippen LogP contribution in [-0.2, 0) is 11.3 Å². The fraction of sp³-hybridized carbons (Fsp3) is 0.250. The summed E-state index contributed by atoms with van der Waals surface area (Å²) in [6, 6.07) is 10.00. The van der Waals surface area contributed by atoms with Crippen molar-refractivity contribution in [2.75, 3.05) is 32.8 Å². The van der Waals surface area contributed by atoms with E-state index >= 15 is 0 Å². The first kappa shape index (κ1) is 21.6. The first-order valence-electron chi connectivity index (χ1n) is 11.2. The van der Waals surface area contributed by atoms with E-state index in [0.29, 0.717) is 42.9 Å². The quantitative estimate of drug-likeness (QED) is 0.384. The smallest absolute Gasteiger partial charge is 0.279 e. The van der Waals surface area contributed by atoms with Gasteiger partial charge in [-0.1, -0.05) is 5.16 Å². The molecule has 0 unspecified atom stereocenters. The standard InChI is InChI=1S/C24H20F2N6O3/c25-16-3-1-15(2-4-16)22-28-23(35-29-22)20-21-24(33)31(8-7-30-9-11-34-12-10-30)19-13-17(26)5-6-18(19)32(21)14-27-20/h1-6,13-14H,7-12H2. The summed E-state index contributed by atoms with van der Waals surface area (Å²) in [4.78, 5) is 24.7. The molecule has 6 rings (SSSR count). The van der Waals surface area contributed by atoms with Crippen LogP contribution in [-0.4, -0.2) is 61.8 Å². The van der Waals surface area contributed by atoms with Gasteiger partial charge >= 0.3 is 0 Å². The molecule has 9 nitrogen and oxygen atoms in total. The molecule has 11 heteroatoms. The van der Waals surface area contributed by atoms with Gasteiger partial charge in [-0.15, -0.1) is 0 Å². The van der Waals surface area contributed by atoms with E-state index in [1.807, 2.05) is 0 Å². The Morgan fingerprint density at radius 2 is 1.71 bits per heavy atom. The van der Waals surface area contributed by atoms with E-state index in [9.17, 15) is 13.6 Å². The Labute approximate surface area is 197 Å². The summed E-state index contributed by atoms with van der Waals surface area (Å²) in [5.41, 5.74) is 1.79. The lowest BCUT2D eigenvalue weighted by Gasteiger charge is -2.27. The van der Waals surface area contributed by atoms with Crippen molar-refractivity contribution in [2.24, 2.45) is 0 Å². The molecule has 0 atom stereocenters. The number of fused-ring (bicyclic) bond motifs is 3. The Bertz CT molecular complexity index is 1590. The van der Waals surface area contributed by atoms with Crippen molar-refractivity contribution in [3.63, 3.8) is 0 Å². The van der Waals surface area contributed by atoms with Crippen molar-refractivity contribution >= 4 is 16.6 Å². The van der Waals surface area contributed by atoms with Gasteiger partial charge in [0.2, 0.25) is 5.82 Å². The first-order chi connectivity index (χ1) is 17.1. The van der Waals surface area contributed by atoms with Crippen LogP contribution in [0.2, 0.25) is 0 Å². The molecule has 0 saturated carbocycles. The summed E-state index contributed by atoms with van der Waals surface area (Å²) in [5.74, 6) is -0.502. The molecule has 0 aliphatic carbocycles. The molecule has 2 aromatic carbocycles. The second-order valence-corrected chi connectivity index (χ2v) is 8.29. The summed E-state index contributed by atoms with van der Waals surface area (Å²) in [5, 5.41) is 3.97. The topological polar surface area (TPSA) is 90.7 Å². The van der Waals surface area contributed by atoms with Crippen molar-refractivity contribution < 1.29 is 18.0 Å². The van der Waals surface area contributed by atoms with Gasteiger partial charge in [-0.05, 0) is 42.5 Å². The van der Waals surface area contributed by atoms with Crippen LogP contribution in [0.3, 0.4) is 0 Å². The Morgan fingerprint density at radius 3 is 2.51 bits per heavy atom. The maximum atomic E-state index is 14.2. The number of nitrogens with zero attached hydrogens (tertiary/aromatic N) is 6. The lowest BCUT2D eigenvalue weighted by atomic mass is 10.2. The van der Waals surface area contributed by atoms with Crippen LogP contribution in [0.4, 0.5) is 8.78 Å². The molecular weight excluding hydrogens is 458 g/mol. The zero-order chi connectivity index (χ0) is 23.9. The van der Waals surface area contributed by atoms with E-state index < -0.39 is 5.82 Å². The van der Waals surface area contributed by atoms with Gasteiger partial charge in [0.15, 0.2) is 5.69 Å². The van der Waals surface area contributed by atoms with Crippen LogP contribution in [0.5, 0.6) is 0 Å². The average molecular weight is 478 g/mol. The monoisotopic (exact) mass is 478 g/mol. The largest absolute Gasteiger partial charge is 0.379 e. The molecule has 1 saturated heterocycles. The fourth-order valence-electron chi connectivity index (χ4n) is 4.37. The normalized spacial score (nSPS) is 14.8. The second kappa shape index (κ2) is 8.67. The van der Waals surface area contributed by atoms with Gasteiger partial charge in [0.1, 0.15) is 23.5 Å². The molecule has 35 heavy (non-hydrogen) atoms. The Morgan fingerprint density at radius 1 is 0.943 bits per heavy atom. The summed E-state index contributed by atoms with van der Waals surface area (Å²) in [6.45, 7) is 3.81. The van der Waals surface area contributed by atoms with E-state index in [-0.39, 0.29) is 34.3 Å². The Balaban J connectivity index is 1.47. The number of aromatic nitrogens is 5. The van der Waals surface area contributed by atoms with E-state index in [1.165, 1.54) is 42.7 Å². The SMILES string of the molecule is O=c1c2c(-c3nc(-c4ccc(F)cc4)no3)ncn2c2ccc(F)cc2n1CCN1CCOCC1. The summed E-state index contributed by atoms with van der Waals surface area (Å²) in [6.07, 6.45) is 1.49. The number of hydrogen-bond acceptors (Lipinski definition) is 7. The second-order valence-electron chi connectivity index (χ2n) is 8.29. The van der Waals surface area contributed by atoms with Gasteiger partial charge in [0.25, 0.3) is 11.4 Å². The van der Waals surface area contributed by atoms with Crippen LogP contribution in [0, 0.1) is 11.6 Å². The number of benzene rings is 2. The van der Waals surface area contributed by atoms with Gasteiger partial charge in [0, 0.05) is 31.7 Å². The lowest BCUT2D eigenvalue weighted by molar-refractivity contribution is 0.0364. The van der Waals surface area contributed by atoms with E-state index in [0.717, 1.165) is 13.1 Å². The summed E-state index contributed by atoms with van der Waals surface area (Å²) in [7, 11) is 0. The van der Waals surface area contributed by atoms with E-state index in [4.69, 9.17) is 9.26 Å². The van der Waals surface area contributed by atoms with Gasteiger partial charge in [-0.25, -0.2) is 13.8 Å². The average Bonchev–Trinajstić information content (AvgIpc) is 3.53. The molecule has 0 spiro atoms. The molecule has 178 valence electrons. The van der Waals surface area contributed by atoms with Crippen LogP contribution >= 0.6 is 0 Å². The molecule has 1 aliphatic heterocycles. The molecule has 3 aromatic heterocycles. The molecule has 0 radical (unpaired) electrons. The van der Waals surface area contributed by atoms with Gasteiger partial charge < -0.3 is 13.8 Å². The third kappa shape index (κ3) is 3.88. The lowest BCUT2D eigenvalue weighted by Crippen LogP contribution is -2.39. The predicted octanol–water partition coefficient (Wildman–Crippen LogP) is 2.98. The number of hydrogen-bond donors (Lipinski definition) is 0. The van der Waals surface area contributed by atoms with Gasteiger partial charge in [0.05, 0.1) is 24.2 Å². The molecule has 0 amide bonds. The third-order valence-corrected chi connectivity index (χ3v) is 6.18. The van der Waals surface area contributed by atoms with Gasteiger partial charge in [-0.3, -0.25) is 14.1 Å². The molecule has 5 aromatic rings. The maximum absolute atomic E-state index is 14.2. The molecule has 0 N–H and O–H groups in total. The van der Waals surface area contributed by atoms with Crippen LogP contribution in [0.25, 0.3) is 39.5 Å². The highest BCUT2D eigenvalue weighted by Gasteiger charge is 2.22. The van der Waals surface area contributed by atoms with Gasteiger partial charge in [-0.2, -0.15) is 4.98 Å². The molecule has 1 aliphatic rings. The van der Waals surface area contributed by atoms with Crippen molar-refractivity contribution in [2.45, 2.75) is 6.54 Å². The summed E-state index contributed by atoms with van der Waals surface area (Å²) < 4.78 is 41.4. The maximum Gasteiger partial charge on any atom is 0.279 e. The minimum absolute atomic E-state index is 0.0603. The molecule has 1 fully saturated rings. The minimum Gasteiger partial charge on any atom is -0.379 e. The van der Waals surface area contributed by atoms with E-state index in [2.05, 4.69) is 20.0 Å². The molecular formula is C24H20F2N6O3. The van der Waals surface area contributed by atoms with Crippen LogP contribution in [0.1, 0.15) is 0 Å². The molecule has 4 heterocycles. The van der Waals surface area contributed by atoms with Crippen molar-refractivity contribution in [3.05, 3.63) is 70.8 Å². The zero-order valence-electron chi connectivity index (χ0n) is 18.5. The Hall–Kier alpha value is -3.96. The van der Waals surface area contributed by atoms with Crippen molar-refractivity contribution in [1.29, 1.82) is 0 Å². The number of halogens is 2. The number of rotatable bonds is 5. The highest BCUT2D eigenvalue weighted by Crippen LogP contribution is 2.26. The predicted molar refractivity (Wildman–Crippen MR) is 123 cm³/mol. The highest BCUT2D eigenvalue weighted by molar-refractivity contribution is 5.83. The van der Waals surface area contributed by atoms with Crippen molar-refractivity contribution in [1.82, 2.24) is 29.0 Å².